The predicted molar refractivity (Wildman–Crippen MR) is 95.0 cm³/mol. The highest BCUT2D eigenvalue weighted by Crippen LogP contribution is 2.64. The monoisotopic (exact) mass is 314 g/mol. The summed E-state index contributed by atoms with van der Waals surface area (Å²) in [6.07, 6.45) is 12.5. The Morgan fingerprint density at radius 2 is 1.74 bits per heavy atom. The van der Waals surface area contributed by atoms with Crippen molar-refractivity contribution in [1.82, 2.24) is 0 Å². The molecule has 0 amide bonds. The quantitative estimate of drug-likeness (QED) is 0.560. The first-order valence-electron chi connectivity index (χ1n) is 10.1. The first-order valence-corrected chi connectivity index (χ1v) is 10.1. The number of rotatable bonds is 1. The molecule has 0 bridgehead atoms. The number of carbonyl (C=O) groups excluding carboxylic acids is 1. The minimum atomic E-state index is 0.0258. The van der Waals surface area contributed by atoms with Crippen molar-refractivity contribution >= 4 is 5.78 Å². The average molecular weight is 315 g/mol. The summed E-state index contributed by atoms with van der Waals surface area (Å²) in [6, 6.07) is 0. The van der Waals surface area contributed by atoms with Crippen LogP contribution in [0.1, 0.15) is 79.1 Å². The minimum absolute atomic E-state index is 0.0258. The Morgan fingerprint density at radius 3 is 2.48 bits per heavy atom. The fraction of sp³-hybridized carbons (Fsp3) is 0.864. The number of fused-ring (bicyclic) bond motifs is 5. The molecule has 3 fully saturated rings. The van der Waals surface area contributed by atoms with Crippen molar-refractivity contribution in [3.8, 4) is 0 Å². The van der Waals surface area contributed by atoms with Gasteiger partial charge in [-0.3, -0.25) is 4.79 Å². The van der Waals surface area contributed by atoms with Crippen LogP contribution in [0.3, 0.4) is 0 Å². The highest BCUT2D eigenvalue weighted by atomic mass is 16.1. The fourth-order valence-corrected chi connectivity index (χ4v) is 7.03. The maximum atomic E-state index is 12.5. The lowest BCUT2D eigenvalue weighted by molar-refractivity contribution is -0.131. The van der Waals surface area contributed by atoms with E-state index in [0.29, 0.717) is 17.1 Å². The molecule has 6 atom stereocenters. The van der Waals surface area contributed by atoms with E-state index in [1.807, 2.05) is 0 Å². The van der Waals surface area contributed by atoms with Gasteiger partial charge in [0.15, 0.2) is 0 Å². The molecule has 0 aromatic carbocycles. The second-order valence-corrected chi connectivity index (χ2v) is 9.92. The molecular weight excluding hydrogens is 280 g/mol. The van der Waals surface area contributed by atoms with Gasteiger partial charge < -0.3 is 0 Å². The molecule has 4 aliphatic rings. The molecule has 0 N–H and O–H groups in total. The van der Waals surface area contributed by atoms with Crippen molar-refractivity contribution in [1.29, 1.82) is 0 Å². The normalized spacial score (nSPS) is 49.4. The van der Waals surface area contributed by atoms with E-state index < -0.39 is 0 Å². The van der Waals surface area contributed by atoms with Gasteiger partial charge in [0, 0.05) is 11.8 Å². The van der Waals surface area contributed by atoms with Gasteiger partial charge in [-0.1, -0.05) is 39.3 Å². The van der Waals surface area contributed by atoms with Gasteiger partial charge >= 0.3 is 0 Å². The lowest BCUT2D eigenvalue weighted by atomic mass is 9.47. The predicted octanol–water partition coefficient (Wildman–Crippen LogP) is 5.79. The van der Waals surface area contributed by atoms with Gasteiger partial charge in [0.05, 0.1) is 0 Å². The fourth-order valence-electron chi connectivity index (χ4n) is 7.03. The van der Waals surface area contributed by atoms with E-state index in [0.717, 1.165) is 36.5 Å². The molecule has 0 aromatic rings. The first kappa shape index (κ1) is 15.9. The first-order chi connectivity index (χ1) is 10.9. The molecular formula is C22H34O. The zero-order valence-electron chi connectivity index (χ0n) is 15.5. The van der Waals surface area contributed by atoms with E-state index in [9.17, 15) is 4.79 Å². The smallest absolute Gasteiger partial charge is 0.139 e. The molecule has 23 heavy (non-hydrogen) atoms. The Hall–Kier alpha value is -0.590. The molecule has 1 nitrogen and oxygen atoms in total. The summed E-state index contributed by atoms with van der Waals surface area (Å²) in [5.41, 5.74) is 2.26. The molecule has 0 saturated heterocycles. The Morgan fingerprint density at radius 1 is 1.04 bits per heavy atom. The van der Waals surface area contributed by atoms with Gasteiger partial charge in [0.1, 0.15) is 5.78 Å². The number of hydrogen-bond donors (Lipinski definition) is 0. The van der Waals surface area contributed by atoms with E-state index in [1.165, 1.54) is 38.5 Å². The number of allylic oxidation sites excluding steroid dienone is 2. The Labute approximate surface area is 142 Å². The second-order valence-electron chi connectivity index (χ2n) is 9.92. The van der Waals surface area contributed by atoms with Gasteiger partial charge in [-0.2, -0.15) is 0 Å². The van der Waals surface area contributed by atoms with E-state index in [1.54, 1.807) is 5.57 Å². The van der Waals surface area contributed by atoms with Crippen LogP contribution in [0.25, 0.3) is 0 Å². The SMILES string of the molecule is CC(C)C1CC[C@@]2(C)C(=CC[C@@H]3[C@@H]2CC[C@]2(C)C(=O)CC[C@@H]32)C1. The summed E-state index contributed by atoms with van der Waals surface area (Å²) in [7, 11) is 0. The van der Waals surface area contributed by atoms with Gasteiger partial charge in [-0.25, -0.2) is 0 Å². The molecule has 0 heterocycles. The lowest BCUT2D eigenvalue weighted by Gasteiger charge is -2.57. The van der Waals surface area contributed by atoms with E-state index in [4.69, 9.17) is 0 Å². The van der Waals surface area contributed by atoms with Crippen molar-refractivity contribution in [3.05, 3.63) is 11.6 Å². The molecule has 0 spiro atoms. The number of carbonyl (C=O) groups is 1. The summed E-state index contributed by atoms with van der Waals surface area (Å²) >= 11 is 0. The summed E-state index contributed by atoms with van der Waals surface area (Å²) in [6.45, 7) is 9.66. The third kappa shape index (κ3) is 2.14. The third-order valence-corrected chi connectivity index (χ3v) is 8.79. The van der Waals surface area contributed by atoms with Crippen molar-refractivity contribution in [2.24, 2.45) is 40.4 Å². The molecule has 0 radical (unpaired) electrons. The Balaban J connectivity index is 1.64. The van der Waals surface area contributed by atoms with Crippen molar-refractivity contribution < 1.29 is 4.79 Å². The number of Topliss-reactive ketones (excluding diaryl/α,β-unsaturated/α-hetero) is 1. The molecule has 1 unspecified atom stereocenters. The highest BCUT2D eigenvalue weighted by molar-refractivity contribution is 5.87. The third-order valence-electron chi connectivity index (χ3n) is 8.79. The molecule has 4 aliphatic carbocycles. The van der Waals surface area contributed by atoms with Gasteiger partial charge in [-0.05, 0) is 80.0 Å². The maximum absolute atomic E-state index is 12.5. The van der Waals surface area contributed by atoms with Gasteiger partial charge in [0.2, 0.25) is 0 Å². The zero-order valence-corrected chi connectivity index (χ0v) is 15.5. The van der Waals surface area contributed by atoms with Crippen LogP contribution in [-0.2, 0) is 4.79 Å². The lowest BCUT2D eigenvalue weighted by Crippen LogP contribution is -2.50. The van der Waals surface area contributed by atoms with Gasteiger partial charge in [-0.15, -0.1) is 0 Å². The zero-order chi connectivity index (χ0) is 16.4. The van der Waals surface area contributed by atoms with Crippen LogP contribution < -0.4 is 0 Å². The largest absolute Gasteiger partial charge is 0.299 e. The van der Waals surface area contributed by atoms with Crippen LogP contribution >= 0.6 is 0 Å². The standard InChI is InChI=1S/C22H34O/c1-14(2)15-9-11-21(3)16(13-15)5-6-17-18-7-8-20(23)22(18,4)12-10-19(17)21/h5,14-15,17-19H,6-13H2,1-4H3/t15?,17-,18-,19-,21-,22-/m0/s1. The molecule has 128 valence electrons. The van der Waals surface area contributed by atoms with Crippen LogP contribution in [0.15, 0.2) is 11.6 Å². The van der Waals surface area contributed by atoms with E-state index >= 15 is 0 Å². The summed E-state index contributed by atoms with van der Waals surface area (Å²) < 4.78 is 0. The van der Waals surface area contributed by atoms with E-state index in [2.05, 4.69) is 33.8 Å². The molecule has 0 aliphatic heterocycles. The van der Waals surface area contributed by atoms with Crippen LogP contribution in [-0.4, -0.2) is 5.78 Å². The Kier molecular flexibility index (Phi) is 3.60. The molecule has 3 saturated carbocycles. The van der Waals surface area contributed by atoms with E-state index in [-0.39, 0.29) is 5.41 Å². The Bertz CT molecular complexity index is 544. The van der Waals surface area contributed by atoms with Crippen LogP contribution in [0.2, 0.25) is 0 Å². The average Bonchev–Trinajstić information content (AvgIpc) is 2.82. The van der Waals surface area contributed by atoms with Crippen molar-refractivity contribution in [3.63, 3.8) is 0 Å². The maximum Gasteiger partial charge on any atom is 0.139 e. The van der Waals surface area contributed by atoms with Crippen LogP contribution in [0.4, 0.5) is 0 Å². The topological polar surface area (TPSA) is 17.1 Å². The van der Waals surface area contributed by atoms with Crippen LogP contribution in [0.5, 0.6) is 0 Å². The molecule has 4 rings (SSSR count). The minimum Gasteiger partial charge on any atom is -0.299 e. The highest BCUT2D eigenvalue weighted by Gasteiger charge is 2.58. The van der Waals surface area contributed by atoms with Crippen LogP contribution in [0, 0.1) is 40.4 Å². The number of ketones is 1. The number of hydrogen-bond acceptors (Lipinski definition) is 1. The van der Waals surface area contributed by atoms with Crippen molar-refractivity contribution in [2.45, 2.75) is 79.1 Å². The van der Waals surface area contributed by atoms with Gasteiger partial charge in [0.25, 0.3) is 0 Å². The summed E-state index contributed by atoms with van der Waals surface area (Å²) in [5, 5.41) is 0. The molecule has 1 heteroatoms. The summed E-state index contributed by atoms with van der Waals surface area (Å²) in [4.78, 5) is 12.5. The van der Waals surface area contributed by atoms with Crippen molar-refractivity contribution in [2.75, 3.05) is 0 Å². The second kappa shape index (κ2) is 5.20. The molecule has 0 aromatic heterocycles. The summed E-state index contributed by atoms with van der Waals surface area (Å²) in [5.74, 6) is 4.59.